The predicted molar refractivity (Wildman–Crippen MR) is 64.9 cm³/mol. The van der Waals surface area contributed by atoms with Crippen LogP contribution >= 0.6 is 0 Å². The van der Waals surface area contributed by atoms with E-state index in [0.717, 1.165) is 5.56 Å². The van der Waals surface area contributed by atoms with Crippen molar-refractivity contribution in [2.45, 2.75) is 25.2 Å². The molecule has 0 saturated carbocycles. The van der Waals surface area contributed by atoms with Crippen LogP contribution in [0.15, 0.2) is 24.3 Å². The molecule has 0 radical (unpaired) electrons. The highest BCUT2D eigenvalue weighted by Gasteiger charge is 2.42. The maximum atomic E-state index is 12.1. The van der Waals surface area contributed by atoms with E-state index in [1.807, 2.05) is 31.2 Å². The molecule has 0 N–H and O–H groups in total. The lowest BCUT2D eigenvalue weighted by atomic mass is 9.74. The van der Waals surface area contributed by atoms with Crippen molar-refractivity contribution in [2.75, 3.05) is 20.3 Å². The van der Waals surface area contributed by atoms with E-state index in [1.54, 1.807) is 0 Å². The zero-order chi connectivity index (χ0) is 12.3. The Labute approximate surface area is 102 Å². The molecule has 0 aromatic heterocycles. The molecule has 1 aliphatic heterocycles. The van der Waals surface area contributed by atoms with Crippen molar-refractivity contribution in [3.05, 3.63) is 35.4 Å². The Balaban J connectivity index is 2.38. The third-order valence-electron chi connectivity index (χ3n) is 3.53. The summed E-state index contributed by atoms with van der Waals surface area (Å²) in [6, 6.07) is 8.13. The lowest BCUT2D eigenvalue weighted by molar-refractivity contribution is -0.151. The molecule has 17 heavy (non-hydrogen) atoms. The van der Waals surface area contributed by atoms with Crippen LogP contribution < -0.4 is 0 Å². The van der Waals surface area contributed by atoms with Crippen LogP contribution in [0.2, 0.25) is 0 Å². The van der Waals surface area contributed by atoms with Crippen molar-refractivity contribution < 1.29 is 14.3 Å². The molecule has 0 aliphatic carbocycles. The van der Waals surface area contributed by atoms with Gasteiger partial charge in [-0.15, -0.1) is 0 Å². The lowest BCUT2D eigenvalue weighted by Gasteiger charge is -2.34. The number of hydrogen-bond acceptors (Lipinski definition) is 3. The molecular weight excluding hydrogens is 216 g/mol. The van der Waals surface area contributed by atoms with Gasteiger partial charge >= 0.3 is 5.97 Å². The second kappa shape index (κ2) is 4.88. The van der Waals surface area contributed by atoms with Gasteiger partial charge in [0.2, 0.25) is 0 Å². The highest BCUT2D eigenvalue weighted by molar-refractivity contribution is 5.83. The Morgan fingerprint density at radius 1 is 1.24 bits per heavy atom. The van der Waals surface area contributed by atoms with Crippen molar-refractivity contribution in [2.24, 2.45) is 0 Å². The Hall–Kier alpha value is -1.35. The Morgan fingerprint density at radius 2 is 1.82 bits per heavy atom. The minimum absolute atomic E-state index is 0.148. The van der Waals surface area contributed by atoms with Crippen molar-refractivity contribution in [3.8, 4) is 0 Å². The molecule has 0 unspecified atom stereocenters. The predicted octanol–water partition coefficient (Wildman–Crippen LogP) is 2.22. The second-order valence-corrected chi connectivity index (χ2v) is 4.55. The van der Waals surface area contributed by atoms with Crippen molar-refractivity contribution in [1.29, 1.82) is 0 Å². The average Bonchev–Trinajstić information content (AvgIpc) is 2.39. The smallest absolute Gasteiger partial charge is 0.316 e. The number of esters is 1. The third-order valence-corrected chi connectivity index (χ3v) is 3.53. The molecule has 3 nitrogen and oxygen atoms in total. The van der Waals surface area contributed by atoms with Crippen LogP contribution in [0.5, 0.6) is 0 Å². The summed E-state index contributed by atoms with van der Waals surface area (Å²) >= 11 is 0. The van der Waals surface area contributed by atoms with Gasteiger partial charge in [0.1, 0.15) is 0 Å². The number of rotatable bonds is 2. The van der Waals surface area contributed by atoms with E-state index in [4.69, 9.17) is 9.47 Å². The monoisotopic (exact) mass is 234 g/mol. The zero-order valence-electron chi connectivity index (χ0n) is 10.4. The maximum Gasteiger partial charge on any atom is 0.316 e. The number of benzene rings is 1. The van der Waals surface area contributed by atoms with Gasteiger partial charge in [-0.1, -0.05) is 29.8 Å². The van der Waals surface area contributed by atoms with E-state index in [0.29, 0.717) is 26.1 Å². The quantitative estimate of drug-likeness (QED) is 0.736. The number of hydrogen-bond donors (Lipinski definition) is 0. The lowest BCUT2D eigenvalue weighted by Crippen LogP contribution is -2.42. The highest BCUT2D eigenvalue weighted by Crippen LogP contribution is 2.36. The largest absolute Gasteiger partial charge is 0.468 e. The van der Waals surface area contributed by atoms with Gasteiger partial charge in [0, 0.05) is 13.2 Å². The van der Waals surface area contributed by atoms with E-state index < -0.39 is 5.41 Å². The van der Waals surface area contributed by atoms with Crippen LogP contribution in [0.25, 0.3) is 0 Å². The molecule has 1 heterocycles. The van der Waals surface area contributed by atoms with E-state index in [1.165, 1.54) is 12.7 Å². The summed E-state index contributed by atoms with van der Waals surface area (Å²) in [6.45, 7) is 3.27. The summed E-state index contributed by atoms with van der Waals surface area (Å²) < 4.78 is 10.3. The SMILES string of the molecule is COC(=O)C1(c2ccc(C)cc2)CCOCC1. The molecular formula is C14H18O3. The number of carbonyl (C=O) groups excluding carboxylic acids is 1. The zero-order valence-corrected chi connectivity index (χ0v) is 10.4. The minimum atomic E-state index is -0.513. The van der Waals surface area contributed by atoms with Gasteiger partial charge in [-0.05, 0) is 25.3 Å². The Morgan fingerprint density at radius 3 is 2.35 bits per heavy atom. The fourth-order valence-electron chi connectivity index (χ4n) is 2.40. The average molecular weight is 234 g/mol. The molecule has 2 rings (SSSR count). The van der Waals surface area contributed by atoms with Crippen LogP contribution in [-0.4, -0.2) is 26.3 Å². The first kappa shape index (κ1) is 12.1. The molecule has 1 aromatic rings. The van der Waals surface area contributed by atoms with Crippen LogP contribution in [0.4, 0.5) is 0 Å². The van der Waals surface area contributed by atoms with Crippen LogP contribution in [0.3, 0.4) is 0 Å². The first-order valence-electron chi connectivity index (χ1n) is 5.92. The maximum absolute atomic E-state index is 12.1. The fraction of sp³-hybridized carbons (Fsp3) is 0.500. The first-order chi connectivity index (χ1) is 8.19. The van der Waals surface area contributed by atoms with Crippen molar-refractivity contribution >= 4 is 5.97 Å². The Bertz CT molecular complexity index is 388. The van der Waals surface area contributed by atoms with Crippen LogP contribution in [0.1, 0.15) is 24.0 Å². The molecule has 1 aromatic carbocycles. The summed E-state index contributed by atoms with van der Waals surface area (Å²) in [4.78, 5) is 12.1. The molecule has 0 atom stereocenters. The van der Waals surface area contributed by atoms with Gasteiger partial charge in [-0.2, -0.15) is 0 Å². The van der Waals surface area contributed by atoms with Gasteiger partial charge in [0.15, 0.2) is 0 Å². The van der Waals surface area contributed by atoms with Gasteiger partial charge in [-0.3, -0.25) is 4.79 Å². The summed E-state index contributed by atoms with van der Waals surface area (Å²) in [5.74, 6) is -0.148. The standard InChI is InChI=1S/C14H18O3/c1-11-3-5-12(6-4-11)14(13(15)16-2)7-9-17-10-8-14/h3-6H,7-10H2,1-2H3. The second-order valence-electron chi connectivity index (χ2n) is 4.55. The fourth-order valence-corrected chi connectivity index (χ4v) is 2.40. The molecule has 0 bridgehead atoms. The number of carbonyl (C=O) groups is 1. The van der Waals surface area contributed by atoms with E-state index in [2.05, 4.69) is 0 Å². The first-order valence-corrected chi connectivity index (χ1v) is 5.92. The van der Waals surface area contributed by atoms with E-state index in [9.17, 15) is 4.79 Å². The molecule has 0 spiro atoms. The minimum Gasteiger partial charge on any atom is -0.468 e. The van der Waals surface area contributed by atoms with Gasteiger partial charge in [0.05, 0.1) is 12.5 Å². The van der Waals surface area contributed by atoms with E-state index in [-0.39, 0.29) is 5.97 Å². The highest BCUT2D eigenvalue weighted by atomic mass is 16.5. The summed E-state index contributed by atoms with van der Waals surface area (Å²) in [6.07, 6.45) is 1.39. The Kier molecular flexibility index (Phi) is 3.48. The van der Waals surface area contributed by atoms with Gasteiger partial charge in [-0.25, -0.2) is 0 Å². The van der Waals surface area contributed by atoms with Crippen LogP contribution in [-0.2, 0) is 19.7 Å². The number of methoxy groups -OCH3 is 1. The normalized spacial score (nSPS) is 18.7. The number of aryl methyl sites for hydroxylation is 1. The van der Waals surface area contributed by atoms with Crippen molar-refractivity contribution in [3.63, 3.8) is 0 Å². The molecule has 1 saturated heterocycles. The molecule has 0 amide bonds. The van der Waals surface area contributed by atoms with Gasteiger partial charge in [0.25, 0.3) is 0 Å². The summed E-state index contributed by atoms with van der Waals surface area (Å²) in [5, 5.41) is 0. The third kappa shape index (κ3) is 2.20. The number of ether oxygens (including phenoxy) is 2. The van der Waals surface area contributed by atoms with Crippen LogP contribution in [0, 0.1) is 6.92 Å². The molecule has 3 heteroatoms. The molecule has 92 valence electrons. The van der Waals surface area contributed by atoms with Gasteiger partial charge < -0.3 is 9.47 Å². The topological polar surface area (TPSA) is 35.5 Å². The van der Waals surface area contributed by atoms with Crippen molar-refractivity contribution in [1.82, 2.24) is 0 Å². The summed E-state index contributed by atoms with van der Waals surface area (Å²) in [7, 11) is 1.45. The molecule has 1 aliphatic rings. The van der Waals surface area contributed by atoms with E-state index >= 15 is 0 Å². The molecule has 1 fully saturated rings. The summed E-state index contributed by atoms with van der Waals surface area (Å²) in [5.41, 5.74) is 1.72.